The van der Waals surface area contributed by atoms with Gasteiger partial charge in [-0.1, -0.05) is 18.2 Å². The average Bonchev–Trinajstić information content (AvgIpc) is 2.70. The summed E-state index contributed by atoms with van der Waals surface area (Å²) in [5, 5.41) is 18.0. The Morgan fingerprint density at radius 2 is 1.89 bits per heavy atom. The number of alkyl halides is 2. The maximum atomic E-state index is 15.2. The van der Waals surface area contributed by atoms with Crippen molar-refractivity contribution in [3.63, 3.8) is 0 Å². The summed E-state index contributed by atoms with van der Waals surface area (Å²) in [6.45, 7) is -3.43. The van der Waals surface area contributed by atoms with Crippen LogP contribution >= 0.6 is 0 Å². The third-order valence-electron chi connectivity index (χ3n) is 3.97. The Bertz CT molecular complexity index is 1020. The third-order valence-corrected chi connectivity index (χ3v) is 3.97. The van der Waals surface area contributed by atoms with E-state index in [0.717, 1.165) is 0 Å². The summed E-state index contributed by atoms with van der Waals surface area (Å²) in [5.74, 6) is -0.823. The van der Waals surface area contributed by atoms with Crippen molar-refractivity contribution >= 4 is 0 Å². The van der Waals surface area contributed by atoms with Crippen molar-refractivity contribution in [3.05, 3.63) is 77.1 Å². The zero-order chi connectivity index (χ0) is 20.1. The zero-order valence-electron chi connectivity index (χ0n) is 14.4. The van der Waals surface area contributed by atoms with Crippen molar-refractivity contribution in [2.75, 3.05) is 0 Å². The first-order chi connectivity index (χ1) is 13.5. The Kier molecular flexibility index (Phi) is 5.87. The van der Waals surface area contributed by atoms with Crippen LogP contribution in [0.2, 0.25) is 0 Å². The number of aromatic nitrogens is 2. The van der Waals surface area contributed by atoms with Gasteiger partial charge in [-0.15, -0.1) is 0 Å². The normalized spacial score (nSPS) is 10.7. The van der Waals surface area contributed by atoms with E-state index in [1.54, 1.807) is 0 Å². The molecular weight excluding hydrogens is 371 g/mol. The lowest BCUT2D eigenvalue weighted by molar-refractivity contribution is -0.0495. The molecule has 142 valence electrons. The second kappa shape index (κ2) is 8.50. The van der Waals surface area contributed by atoms with Gasteiger partial charge in [-0.2, -0.15) is 14.0 Å². The minimum absolute atomic E-state index is 0.109. The molecule has 0 aliphatic rings. The van der Waals surface area contributed by atoms with E-state index in [4.69, 9.17) is 10.4 Å². The smallest absolute Gasteiger partial charge is 0.387 e. The van der Waals surface area contributed by atoms with E-state index in [1.165, 1.54) is 48.8 Å². The Morgan fingerprint density at radius 3 is 2.54 bits per heavy atom. The monoisotopic (exact) mass is 385 g/mol. The van der Waals surface area contributed by atoms with Crippen molar-refractivity contribution in [2.24, 2.45) is 0 Å². The minimum atomic E-state index is -3.12. The fourth-order valence-corrected chi connectivity index (χ4v) is 2.72. The van der Waals surface area contributed by atoms with Gasteiger partial charge >= 0.3 is 6.61 Å². The maximum Gasteiger partial charge on any atom is 0.387 e. The van der Waals surface area contributed by atoms with Crippen LogP contribution in [0.5, 0.6) is 5.75 Å². The van der Waals surface area contributed by atoms with Crippen LogP contribution in [-0.4, -0.2) is 21.7 Å². The van der Waals surface area contributed by atoms with Gasteiger partial charge in [0.15, 0.2) is 5.82 Å². The zero-order valence-corrected chi connectivity index (χ0v) is 14.4. The molecule has 0 fully saturated rings. The van der Waals surface area contributed by atoms with Crippen LogP contribution in [0, 0.1) is 17.1 Å². The number of benzene rings is 2. The Labute approximate surface area is 158 Å². The van der Waals surface area contributed by atoms with Gasteiger partial charge in [-0.3, -0.25) is 0 Å². The largest absolute Gasteiger partial charge is 0.434 e. The Balaban J connectivity index is 2.06. The molecule has 0 amide bonds. The topological polar surface area (TPSA) is 79.0 Å². The first-order valence-corrected chi connectivity index (χ1v) is 8.19. The summed E-state index contributed by atoms with van der Waals surface area (Å²) in [4.78, 5) is 7.88. The summed E-state index contributed by atoms with van der Waals surface area (Å²) >= 11 is 0. The van der Waals surface area contributed by atoms with E-state index in [2.05, 4.69) is 14.7 Å². The van der Waals surface area contributed by atoms with E-state index in [1.807, 2.05) is 6.07 Å². The summed E-state index contributed by atoms with van der Waals surface area (Å²) in [6, 6.07) is 10.5. The van der Waals surface area contributed by atoms with E-state index in [-0.39, 0.29) is 46.9 Å². The molecule has 0 spiro atoms. The van der Waals surface area contributed by atoms with Gasteiger partial charge in [-0.05, 0) is 34.9 Å². The van der Waals surface area contributed by atoms with Crippen LogP contribution in [0.1, 0.15) is 22.5 Å². The molecule has 2 aromatic carbocycles. The minimum Gasteiger partial charge on any atom is -0.434 e. The molecule has 5 nitrogen and oxygen atoms in total. The molecule has 3 rings (SSSR count). The molecule has 0 radical (unpaired) electrons. The molecule has 0 saturated heterocycles. The average molecular weight is 385 g/mol. The fraction of sp³-hybridized carbons (Fsp3) is 0.150. The van der Waals surface area contributed by atoms with Gasteiger partial charge in [0.25, 0.3) is 0 Å². The molecule has 28 heavy (non-hydrogen) atoms. The van der Waals surface area contributed by atoms with Crippen molar-refractivity contribution in [1.29, 1.82) is 5.26 Å². The van der Waals surface area contributed by atoms with E-state index in [0.29, 0.717) is 5.56 Å². The summed E-state index contributed by atoms with van der Waals surface area (Å²) in [5.41, 5.74) is 1.16. The lowest BCUT2D eigenvalue weighted by Gasteiger charge is -2.15. The molecule has 0 aliphatic heterocycles. The van der Waals surface area contributed by atoms with Crippen molar-refractivity contribution in [2.45, 2.75) is 19.6 Å². The first-order valence-electron chi connectivity index (χ1n) is 8.19. The van der Waals surface area contributed by atoms with Crippen LogP contribution in [0.4, 0.5) is 13.2 Å². The number of rotatable bonds is 6. The van der Waals surface area contributed by atoms with Crippen LogP contribution < -0.4 is 4.74 Å². The Morgan fingerprint density at radius 1 is 1.14 bits per heavy atom. The standard InChI is InChI=1S/C20H14F3N3O2/c21-19-15(7-13-9-25-17(11-27)26-10-13)4-5-16(28-20(22)23)18(19)14-3-1-2-12(6-14)8-24/h1-6,9-10,20,27H,7,11H2. The summed E-state index contributed by atoms with van der Waals surface area (Å²) < 4.78 is 45.3. The SMILES string of the molecule is N#Cc1cccc(-c2c(OC(F)F)ccc(Cc3cnc(CO)nc3)c2F)c1. The fourth-order valence-electron chi connectivity index (χ4n) is 2.72. The van der Waals surface area contributed by atoms with Gasteiger partial charge in [0.1, 0.15) is 18.2 Å². The lowest BCUT2D eigenvalue weighted by Crippen LogP contribution is -2.06. The van der Waals surface area contributed by atoms with Gasteiger partial charge in [0.2, 0.25) is 0 Å². The second-order valence-corrected chi connectivity index (χ2v) is 5.83. The Hall–Kier alpha value is -3.44. The quantitative estimate of drug-likeness (QED) is 0.698. The molecule has 0 atom stereocenters. The molecular formula is C20H14F3N3O2. The molecule has 1 aromatic heterocycles. The van der Waals surface area contributed by atoms with Crippen LogP contribution in [0.3, 0.4) is 0 Å². The number of nitriles is 1. The highest BCUT2D eigenvalue weighted by atomic mass is 19.3. The highest BCUT2D eigenvalue weighted by molar-refractivity contribution is 5.73. The first kappa shape index (κ1) is 19.3. The molecule has 8 heteroatoms. The molecule has 0 unspecified atom stereocenters. The number of halogens is 3. The highest BCUT2D eigenvalue weighted by Gasteiger charge is 2.19. The van der Waals surface area contributed by atoms with Gasteiger partial charge in [-0.25, -0.2) is 14.4 Å². The van der Waals surface area contributed by atoms with Crippen LogP contribution in [0.15, 0.2) is 48.8 Å². The molecule has 0 aliphatic carbocycles. The van der Waals surface area contributed by atoms with Crippen LogP contribution in [-0.2, 0) is 13.0 Å². The summed E-state index contributed by atoms with van der Waals surface area (Å²) in [6.07, 6.45) is 3.02. The van der Waals surface area contributed by atoms with Gasteiger partial charge in [0.05, 0.1) is 17.2 Å². The number of aliphatic hydroxyl groups is 1. The van der Waals surface area contributed by atoms with Gasteiger partial charge < -0.3 is 9.84 Å². The predicted octanol–water partition coefficient (Wildman–Crippen LogP) is 3.84. The second-order valence-electron chi connectivity index (χ2n) is 5.83. The number of nitrogens with zero attached hydrogens (tertiary/aromatic N) is 3. The number of aliphatic hydroxyl groups excluding tert-OH is 1. The predicted molar refractivity (Wildman–Crippen MR) is 93.9 cm³/mol. The molecule has 1 heterocycles. The van der Waals surface area contributed by atoms with Crippen molar-refractivity contribution < 1.29 is 23.0 Å². The highest BCUT2D eigenvalue weighted by Crippen LogP contribution is 2.36. The number of ether oxygens (including phenoxy) is 1. The molecule has 0 saturated carbocycles. The van der Waals surface area contributed by atoms with Crippen LogP contribution in [0.25, 0.3) is 11.1 Å². The van der Waals surface area contributed by atoms with E-state index < -0.39 is 12.4 Å². The van der Waals surface area contributed by atoms with Crippen molar-refractivity contribution in [3.8, 4) is 22.9 Å². The van der Waals surface area contributed by atoms with Gasteiger partial charge in [0, 0.05) is 18.8 Å². The molecule has 3 aromatic rings. The third kappa shape index (κ3) is 4.27. The maximum absolute atomic E-state index is 15.2. The molecule has 1 N–H and O–H groups in total. The molecule has 0 bridgehead atoms. The van der Waals surface area contributed by atoms with E-state index >= 15 is 4.39 Å². The number of hydrogen-bond donors (Lipinski definition) is 1. The summed E-state index contributed by atoms with van der Waals surface area (Å²) in [7, 11) is 0. The lowest BCUT2D eigenvalue weighted by atomic mass is 9.97. The van der Waals surface area contributed by atoms with Crippen molar-refractivity contribution in [1.82, 2.24) is 9.97 Å². The number of hydrogen-bond acceptors (Lipinski definition) is 5. The van der Waals surface area contributed by atoms with E-state index in [9.17, 15) is 8.78 Å².